The van der Waals surface area contributed by atoms with Crippen LogP contribution in [0.15, 0.2) is 18.2 Å². The zero-order chi connectivity index (χ0) is 36.3. The number of benzene rings is 1. The van der Waals surface area contributed by atoms with E-state index in [1.807, 2.05) is 6.92 Å². The molecule has 3 aliphatic rings. The Kier molecular flexibility index (Phi) is 11.5. The van der Waals surface area contributed by atoms with Crippen LogP contribution in [0.2, 0.25) is 0 Å². The minimum absolute atomic E-state index is 0.0842. The average Bonchev–Trinajstić information content (AvgIpc) is 3.67. The fourth-order valence-electron chi connectivity index (χ4n) is 6.74. The fraction of sp³-hybridized carbons (Fsp3) is 0.606. The summed E-state index contributed by atoms with van der Waals surface area (Å²) in [7, 11) is 1.43. The molecule has 268 valence electrons. The lowest BCUT2D eigenvalue weighted by molar-refractivity contribution is -0.162. The number of likely N-dealkylation sites (N-methyl/N-ethyl adjacent to an activating group) is 1. The lowest BCUT2D eigenvalue weighted by atomic mass is 10.0. The number of ether oxygens (including phenoxy) is 1. The molecule has 5 N–H and O–H groups in total. The van der Waals surface area contributed by atoms with Crippen LogP contribution in [0.3, 0.4) is 0 Å². The molecule has 8 atom stereocenters. The van der Waals surface area contributed by atoms with Gasteiger partial charge in [0.2, 0.25) is 29.5 Å². The number of hydrogen-bond acceptors (Lipinski definition) is 8. The molecule has 1 aromatic carbocycles. The summed E-state index contributed by atoms with van der Waals surface area (Å²) in [5, 5.41) is 7.57. The molecule has 15 nitrogen and oxygen atoms in total. The third-order valence-electron chi connectivity index (χ3n) is 9.43. The number of nitrogens with one attached hydrogen (secondary N) is 3. The van der Waals surface area contributed by atoms with Crippen molar-refractivity contribution < 1.29 is 42.7 Å². The molecule has 3 saturated heterocycles. The number of carbonyl (C=O) groups excluding carboxylic acids is 7. The minimum atomic E-state index is -1.54. The van der Waals surface area contributed by atoms with E-state index >= 15 is 0 Å². The molecule has 0 radical (unpaired) electrons. The summed E-state index contributed by atoms with van der Waals surface area (Å²) >= 11 is 0. The Labute approximate surface area is 284 Å². The molecule has 0 bridgehead atoms. The molecule has 0 aliphatic carbocycles. The first kappa shape index (κ1) is 37.1. The molecule has 7 amide bonds. The van der Waals surface area contributed by atoms with E-state index < -0.39 is 89.7 Å². The van der Waals surface area contributed by atoms with Gasteiger partial charge in [-0.2, -0.15) is 0 Å². The number of amides is 7. The summed E-state index contributed by atoms with van der Waals surface area (Å²) in [5.41, 5.74) is 6.31. The van der Waals surface area contributed by atoms with Crippen LogP contribution in [0, 0.1) is 18.7 Å². The predicted octanol–water partition coefficient (Wildman–Crippen LogP) is -0.277. The number of cyclic esters (lactones) is 1. The van der Waals surface area contributed by atoms with E-state index in [4.69, 9.17) is 10.5 Å². The number of urea groups is 1. The lowest BCUT2D eigenvalue weighted by Crippen LogP contribution is -2.62. The van der Waals surface area contributed by atoms with Gasteiger partial charge < -0.3 is 41.1 Å². The van der Waals surface area contributed by atoms with Crippen LogP contribution in [0.4, 0.5) is 9.18 Å². The SMILES string of the molecule is Cc1cc(F)cc(C[C@H](NC(N)=O)C(=O)N[C@@H]2C(=O)N3CCC[C@H]3C(=O)N(C)[C@@H](C)C(=O)N[C@@H](C)C(=O)N3C[C@@H](C)CC3C(=O)O[C@H]2C)c1. The van der Waals surface area contributed by atoms with E-state index in [2.05, 4.69) is 16.0 Å². The van der Waals surface area contributed by atoms with E-state index in [0.29, 0.717) is 17.5 Å². The van der Waals surface area contributed by atoms with Crippen LogP contribution in [0.5, 0.6) is 0 Å². The van der Waals surface area contributed by atoms with Crippen LogP contribution in [0.25, 0.3) is 0 Å². The molecule has 16 heteroatoms. The Morgan fingerprint density at radius 3 is 2.37 bits per heavy atom. The van der Waals surface area contributed by atoms with Crippen molar-refractivity contribution in [2.24, 2.45) is 11.7 Å². The van der Waals surface area contributed by atoms with Crippen LogP contribution in [-0.4, -0.2) is 119 Å². The Morgan fingerprint density at radius 2 is 1.71 bits per heavy atom. The maximum absolute atomic E-state index is 14.3. The van der Waals surface area contributed by atoms with Crippen molar-refractivity contribution in [1.82, 2.24) is 30.7 Å². The molecule has 1 unspecified atom stereocenters. The van der Waals surface area contributed by atoms with Crippen molar-refractivity contribution in [3.05, 3.63) is 35.1 Å². The Balaban J connectivity index is 1.71. The molecule has 3 heterocycles. The second kappa shape index (κ2) is 15.2. The van der Waals surface area contributed by atoms with Crippen LogP contribution < -0.4 is 21.7 Å². The Morgan fingerprint density at radius 1 is 1.02 bits per heavy atom. The predicted molar refractivity (Wildman–Crippen MR) is 173 cm³/mol. The summed E-state index contributed by atoms with van der Waals surface area (Å²) < 4.78 is 20.0. The molecule has 49 heavy (non-hydrogen) atoms. The van der Waals surface area contributed by atoms with Gasteiger partial charge in [-0.3, -0.25) is 24.0 Å². The highest BCUT2D eigenvalue weighted by atomic mass is 19.1. The summed E-state index contributed by atoms with van der Waals surface area (Å²) in [6, 6.07) is -3.86. The largest absolute Gasteiger partial charge is 0.458 e. The number of aryl methyl sites for hydroxylation is 1. The zero-order valence-corrected chi connectivity index (χ0v) is 28.7. The number of halogens is 1. The molecular weight excluding hydrogens is 641 g/mol. The van der Waals surface area contributed by atoms with Gasteiger partial charge in [-0.15, -0.1) is 0 Å². The van der Waals surface area contributed by atoms with Crippen LogP contribution in [-0.2, 0) is 39.9 Å². The third-order valence-corrected chi connectivity index (χ3v) is 9.43. The smallest absolute Gasteiger partial charge is 0.329 e. The van der Waals surface area contributed by atoms with Gasteiger partial charge in [0.15, 0.2) is 0 Å². The van der Waals surface area contributed by atoms with Crippen molar-refractivity contribution >= 4 is 41.5 Å². The second-order valence-corrected chi connectivity index (χ2v) is 13.4. The van der Waals surface area contributed by atoms with E-state index in [1.54, 1.807) is 13.0 Å². The molecule has 3 aliphatic heterocycles. The van der Waals surface area contributed by atoms with Gasteiger partial charge in [-0.1, -0.05) is 13.0 Å². The van der Waals surface area contributed by atoms with Crippen molar-refractivity contribution in [2.75, 3.05) is 20.1 Å². The number of nitrogens with zero attached hydrogens (tertiary/aromatic N) is 3. The average molecular weight is 688 g/mol. The van der Waals surface area contributed by atoms with Crippen LogP contribution >= 0.6 is 0 Å². The van der Waals surface area contributed by atoms with Crippen molar-refractivity contribution in [2.45, 2.75) is 103 Å². The number of primary amides is 1. The zero-order valence-electron chi connectivity index (χ0n) is 28.7. The monoisotopic (exact) mass is 687 g/mol. The van der Waals surface area contributed by atoms with Crippen molar-refractivity contribution in [1.29, 1.82) is 0 Å². The quantitative estimate of drug-likeness (QED) is 0.303. The standard InChI is InChI=1S/C33H46FN7O8/c1-16-10-21(13-22(34)11-16)14-23(37-33(35)48)28(43)38-26-20(5)49-32(47)25-12-17(2)15-41(25)29(44)18(3)36-27(42)19(4)39(6)30(45)24-8-7-9-40(24)31(26)46/h10-11,13,17-20,23-26H,7-9,12,14-15H2,1-6H3,(H,36,42)(H,38,43)(H3,35,37,48)/t17-,18-,19-,20-,23-,24-,25?,26-/m0/s1. The Hall–Kier alpha value is -4.76. The summed E-state index contributed by atoms with van der Waals surface area (Å²) in [6.07, 6.45) is -0.514. The number of carbonyl (C=O) groups is 7. The van der Waals surface area contributed by atoms with Gasteiger partial charge >= 0.3 is 12.0 Å². The summed E-state index contributed by atoms with van der Waals surface area (Å²) in [5.74, 6) is -4.69. The second-order valence-electron chi connectivity index (χ2n) is 13.4. The summed E-state index contributed by atoms with van der Waals surface area (Å²) in [6.45, 7) is 8.29. The highest BCUT2D eigenvalue weighted by Crippen LogP contribution is 2.27. The number of hydrogen-bond donors (Lipinski definition) is 4. The molecule has 0 saturated carbocycles. The van der Waals surface area contributed by atoms with Crippen molar-refractivity contribution in [3.8, 4) is 0 Å². The maximum atomic E-state index is 14.3. The van der Waals surface area contributed by atoms with Gasteiger partial charge in [-0.25, -0.2) is 14.0 Å². The Bertz CT molecular complexity index is 1490. The fourth-order valence-corrected chi connectivity index (χ4v) is 6.74. The van der Waals surface area contributed by atoms with Gasteiger partial charge in [0.25, 0.3) is 0 Å². The molecule has 1 aromatic rings. The molecule has 4 rings (SSSR count). The highest BCUT2D eigenvalue weighted by molar-refractivity contribution is 5.97. The van der Waals surface area contributed by atoms with E-state index in [0.717, 1.165) is 0 Å². The van der Waals surface area contributed by atoms with Gasteiger partial charge in [0.05, 0.1) is 0 Å². The van der Waals surface area contributed by atoms with Gasteiger partial charge in [-0.05, 0) is 76.1 Å². The highest BCUT2D eigenvalue weighted by Gasteiger charge is 2.46. The van der Waals surface area contributed by atoms with Crippen molar-refractivity contribution in [3.63, 3.8) is 0 Å². The number of rotatable bonds is 5. The third kappa shape index (κ3) is 8.46. The number of esters is 1. The topological polar surface area (TPSA) is 201 Å². The molecule has 0 aromatic heterocycles. The first-order valence-corrected chi connectivity index (χ1v) is 16.5. The van der Waals surface area contributed by atoms with E-state index in [-0.39, 0.29) is 38.3 Å². The number of nitrogens with two attached hydrogens (primary N) is 1. The van der Waals surface area contributed by atoms with Gasteiger partial charge in [0.1, 0.15) is 48.2 Å². The summed E-state index contributed by atoms with van der Waals surface area (Å²) in [4.78, 5) is 97.8. The van der Waals surface area contributed by atoms with E-state index in [1.165, 1.54) is 54.7 Å². The van der Waals surface area contributed by atoms with E-state index in [9.17, 15) is 38.0 Å². The maximum Gasteiger partial charge on any atom is 0.329 e. The normalized spacial score (nSPS) is 29.2. The lowest BCUT2D eigenvalue weighted by Gasteiger charge is -2.36. The molecule has 3 fully saturated rings. The number of fused-ring (bicyclic) bond motifs is 2. The first-order valence-electron chi connectivity index (χ1n) is 16.5. The van der Waals surface area contributed by atoms with Crippen LogP contribution in [0.1, 0.15) is 58.1 Å². The molecular formula is C33H46FN7O8. The first-order chi connectivity index (χ1) is 23.0. The molecule has 0 spiro atoms. The minimum Gasteiger partial charge on any atom is -0.458 e. The van der Waals surface area contributed by atoms with Gasteiger partial charge in [0, 0.05) is 26.6 Å².